The number of amides is 1. The van der Waals surface area contributed by atoms with E-state index in [2.05, 4.69) is 0 Å². The Bertz CT molecular complexity index is 1240. The van der Waals surface area contributed by atoms with Crippen molar-refractivity contribution in [2.45, 2.75) is 19.4 Å². The summed E-state index contributed by atoms with van der Waals surface area (Å²) in [5, 5.41) is 12.2. The largest absolute Gasteiger partial charge is 0.507 e. The Balaban J connectivity index is 1.96. The van der Waals surface area contributed by atoms with Gasteiger partial charge in [0, 0.05) is 41.8 Å². The zero-order valence-electron chi connectivity index (χ0n) is 18.6. The van der Waals surface area contributed by atoms with Gasteiger partial charge >= 0.3 is 0 Å². The van der Waals surface area contributed by atoms with Gasteiger partial charge in [-0.1, -0.05) is 25.1 Å². The summed E-state index contributed by atoms with van der Waals surface area (Å²) in [4.78, 5) is 27.7. The van der Waals surface area contributed by atoms with Gasteiger partial charge < -0.3 is 24.0 Å². The molecule has 7 nitrogen and oxygen atoms in total. The van der Waals surface area contributed by atoms with Crippen molar-refractivity contribution in [2.75, 3.05) is 20.8 Å². The van der Waals surface area contributed by atoms with Crippen LogP contribution >= 0.6 is 0 Å². The molecule has 0 bridgehead atoms. The van der Waals surface area contributed by atoms with Crippen LogP contribution in [0.2, 0.25) is 0 Å². The lowest BCUT2D eigenvalue weighted by Gasteiger charge is -2.24. The molecule has 1 amide bonds. The third-order valence-electron chi connectivity index (χ3n) is 5.88. The fourth-order valence-electron chi connectivity index (χ4n) is 4.40. The topological polar surface area (TPSA) is 81.0 Å². The van der Waals surface area contributed by atoms with Gasteiger partial charge in [-0.25, -0.2) is 0 Å². The van der Waals surface area contributed by atoms with Gasteiger partial charge in [0.05, 0.1) is 25.8 Å². The third-order valence-corrected chi connectivity index (χ3v) is 5.88. The summed E-state index contributed by atoms with van der Waals surface area (Å²) in [6.07, 6.45) is 2.61. The van der Waals surface area contributed by atoms with Crippen LogP contribution in [0.25, 0.3) is 16.7 Å². The number of ether oxygens (including phenoxy) is 2. The number of hydrogen-bond donors (Lipinski definition) is 1. The average Bonchev–Trinajstić information content (AvgIpc) is 3.27. The van der Waals surface area contributed by atoms with Crippen molar-refractivity contribution < 1.29 is 24.2 Å². The second-order valence-corrected chi connectivity index (χ2v) is 7.77. The number of rotatable bonds is 6. The second-order valence-electron chi connectivity index (χ2n) is 7.77. The summed E-state index contributed by atoms with van der Waals surface area (Å²) in [5.41, 5.74) is 2.24. The van der Waals surface area contributed by atoms with Gasteiger partial charge in [0.2, 0.25) is 0 Å². The van der Waals surface area contributed by atoms with Crippen LogP contribution in [0.4, 0.5) is 0 Å². The number of hydrogen-bond acceptors (Lipinski definition) is 5. The summed E-state index contributed by atoms with van der Waals surface area (Å²) in [7, 11) is 4.94. The zero-order chi connectivity index (χ0) is 23.0. The molecule has 166 valence electrons. The van der Waals surface area contributed by atoms with E-state index in [4.69, 9.17) is 9.47 Å². The number of carbonyl (C=O) groups is 2. The van der Waals surface area contributed by atoms with Crippen molar-refractivity contribution in [3.8, 4) is 11.5 Å². The number of Topliss-reactive ketones (excluding diaryl/α,β-unsaturated/α-hetero) is 1. The van der Waals surface area contributed by atoms with Crippen LogP contribution in [0.15, 0.2) is 54.2 Å². The highest BCUT2D eigenvalue weighted by molar-refractivity contribution is 6.46. The van der Waals surface area contributed by atoms with Gasteiger partial charge in [-0.2, -0.15) is 0 Å². The highest BCUT2D eigenvalue weighted by Crippen LogP contribution is 2.43. The minimum absolute atomic E-state index is 0.0759. The van der Waals surface area contributed by atoms with Crippen LogP contribution in [0.1, 0.15) is 30.5 Å². The van der Waals surface area contributed by atoms with E-state index in [0.29, 0.717) is 30.0 Å². The Labute approximate surface area is 186 Å². The maximum atomic E-state index is 13.1. The molecule has 1 saturated heterocycles. The van der Waals surface area contributed by atoms with Crippen molar-refractivity contribution in [2.24, 2.45) is 7.05 Å². The second kappa shape index (κ2) is 8.42. The number of aryl methyl sites for hydroxylation is 1. The molecular weight excluding hydrogens is 408 g/mol. The molecule has 32 heavy (non-hydrogen) atoms. The number of nitrogens with zero attached hydrogens (tertiary/aromatic N) is 2. The number of methoxy groups -OCH3 is 2. The molecule has 7 heteroatoms. The van der Waals surface area contributed by atoms with Crippen LogP contribution in [0, 0.1) is 0 Å². The first kappa shape index (κ1) is 21.5. The highest BCUT2D eigenvalue weighted by atomic mass is 16.5. The predicted molar refractivity (Wildman–Crippen MR) is 122 cm³/mol. The maximum absolute atomic E-state index is 13.1. The Morgan fingerprint density at radius 1 is 1.06 bits per heavy atom. The first-order chi connectivity index (χ1) is 15.4. The van der Waals surface area contributed by atoms with E-state index in [1.165, 1.54) is 14.2 Å². The first-order valence-corrected chi connectivity index (χ1v) is 10.5. The molecule has 1 N–H and O–H groups in total. The number of ketones is 1. The lowest BCUT2D eigenvalue weighted by atomic mass is 9.94. The Hall–Kier alpha value is -3.74. The monoisotopic (exact) mass is 434 g/mol. The quantitative estimate of drug-likeness (QED) is 0.360. The Kier molecular flexibility index (Phi) is 5.65. The van der Waals surface area contributed by atoms with Crippen molar-refractivity contribution in [1.82, 2.24) is 9.47 Å². The number of para-hydroxylation sites is 1. The molecule has 1 atom stereocenters. The van der Waals surface area contributed by atoms with Crippen LogP contribution in [0.5, 0.6) is 11.5 Å². The van der Waals surface area contributed by atoms with Crippen LogP contribution in [0.3, 0.4) is 0 Å². The van der Waals surface area contributed by atoms with E-state index in [1.54, 1.807) is 23.1 Å². The molecule has 2 heterocycles. The van der Waals surface area contributed by atoms with Crippen molar-refractivity contribution in [1.29, 1.82) is 0 Å². The average molecular weight is 434 g/mol. The first-order valence-electron chi connectivity index (χ1n) is 10.5. The molecule has 1 unspecified atom stereocenters. The summed E-state index contributed by atoms with van der Waals surface area (Å²) in [6, 6.07) is 12.0. The molecule has 1 fully saturated rings. The van der Waals surface area contributed by atoms with Crippen molar-refractivity contribution in [3.63, 3.8) is 0 Å². The number of benzene rings is 2. The van der Waals surface area contributed by atoms with E-state index in [0.717, 1.165) is 16.5 Å². The van der Waals surface area contributed by atoms with E-state index in [-0.39, 0.29) is 11.3 Å². The van der Waals surface area contributed by atoms with E-state index in [9.17, 15) is 14.7 Å². The Morgan fingerprint density at radius 2 is 1.78 bits per heavy atom. The van der Waals surface area contributed by atoms with Crippen LogP contribution in [-0.2, 0) is 16.6 Å². The standard InChI is InChI=1S/C25H26N2O5/c1-5-12-27-22(17-14-26(2)18-9-7-6-8-16(17)18)21(24(29)25(27)30)23(28)15-10-11-19(31-3)20(13-15)32-4/h6-11,13-14,22,28H,5,12H2,1-4H3/b23-21+. The SMILES string of the molecule is CCCN1C(=O)C(=O)/C(=C(/O)c2ccc(OC)c(OC)c2)C1c1cn(C)c2ccccc12. The Morgan fingerprint density at radius 3 is 2.47 bits per heavy atom. The molecule has 0 saturated carbocycles. The van der Waals surface area contributed by atoms with E-state index in [1.807, 2.05) is 49.0 Å². The van der Waals surface area contributed by atoms with Gasteiger partial charge in [0.25, 0.3) is 11.7 Å². The lowest BCUT2D eigenvalue weighted by molar-refractivity contribution is -0.139. The zero-order valence-corrected chi connectivity index (χ0v) is 18.6. The van der Waals surface area contributed by atoms with Crippen molar-refractivity contribution in [3.05, 3.63) is 65.4 Å². The fraction of sp³-hybridized carbons (Fsp3) is 0.280. The molecular formula is C25H26N2O5. The maximum Gasteiger partial charge on any atom is 0.295 e. The number of fused-ring (bicyclic) bond motifs is 1. The minimum Gasteiger partial charge on any atom is -0.507 e. The fourth-order valence-corrected chi connectivity index (χ4v) is 4.40. The molecule has 0 spiro atoms. The van der Waals surface area contributed by atoms with Gasteiger partial charge in [-0.15, -0.1) is 0 Å². The molecule has 0 radical (unpaired) electrons. The minimum atomic E-state index is -0.691. The normalized spacial score (nSPS) is 17.9. The van der Waals surface area contributed by atoms with Crippen LogP contribution < -0.4 is 9.47 Å². The van der Waals surface area contributed by atoms with Gasteiger partial charge in [-0.3, -0.25) is 9.59 Å². The van der Waals surface area contributed by atoms with E-state index < -0.39 is 17.7 Å². The highest BCUT2D eigenvalue weighted by Gasteiger charge is 2.46. The molecule has 0 aliphatic carbocycles. The van der Waals surface area contributed by atoms with Gasteiger partial charge in [-0.05, 0) is 30.7 Å². The van der Waals surface area contributed by atoms with Crippen LogP contribution in [-0.4, -0.2) is 47.0 Å². The molecule has 1 aliphatic rings. The summed E-state index contributed by atoms with van der Waals surface area (Å²) in [5.74, 6) is -0.613. The van der Waals surface area contributed by atoms with Crippen molar-refractivity contribution >= 4 is 28.4 Å². The number of aliphatic hydroxyl groups is 1. The summed E-state index contributed by atoms with van der Waals surface area (Å²) in [6.45, 7) is 2.36. The molecule has 1 aromatic heterocycles. The van der Waals surface area contributed by atoms with E-state index >= 15 is 0 Å². The number of likely N-dealkylation sites (tertiary alicyclic amines) is 1. The third kappa shape index (κ3) is 3.30. The number of aliphatic hydroxyl groups excluding tert-OH is 1. The molecule has 4 rings (SSSR count). The summed E-state index contributed by atoms with van der Waals surface area (Å²) < 4.78 is 12.6. The molecule has 2 aromatic carbocycles. The summed E-state index contributed by atoms with van der Waals surface area (Å²) >= 11 is 0. The molecule has 3 aromatic rings. The predicted octanol–water partition coefficient (Wildman–Crippen LogP) is 4.03. The van der Waals surface area contributed by atoms with Gasteiger partial charge in [0.1, 0.15) is 5.76 Å². The number of carbonyl (C=O) groups excluding carboxylic acids is 2. The van der Waals surface area contributed by atoms with Gasteiger partial charge in [0.15, 0.2) is 11.5 Å². The number of aromatic nitrogens is 1. The molecule has 1 aliphatic heterocycles. The smallest absolute Gasteiger partial charge is 0.295 e. The lowest BCUT2D eigenvalue weighted by Crippen LogP contribution is -2.30.